The first-order chi connectivity index (χ1) is 9.02. The van der Waals surface area contributed by atoms with E-state index in [9.17, 15) is 30.4 Å². The van der Waals surface area contributed by atoms with Crippen LogP contribution in [-0.4, -0.2) is 28.0 Å². The van der Waals surface area contributed by atoms with E-state index < -0.39 is 51.9 Å². The molecule has 0 radical (unpaired) electrons. The summed E-state index contributed by atoms with van der Waals surface area (Å²) in [6.07, 6.45) is -4.87. The molecule has 0 aromatic heterocycles. The molecule has 0 amide bonds. The molecule has 0 heterocycles. The quantitative estimate of drug-likeness (QED) is 0.659. The van der Waals surface area contributed by atoms with Gasteiger partial charge in [-0.1, -0.05) is 0 Å². The minimum absolute atomic E-state index is 0.633. The summed E-state index contributed by atoms with van der Waals surface area (Å²) in [7, 11) is -4.46. The van der Waals surface area contributed by atoms with E-state index in [1.807, 2.05) is 0 Å². The number of hydrogen-bond acceptors (Lipinski definition) is 4. The van der Waals surface area contributed by atoms with Gasteiger partial charge in [0.1, 0.15) is 11.5 Å². The number of halogens is 5. The van der Waals surface area contributed by atoms with Crippen molar-refractivity contribution in [3.05, 3.63) is 23.8 Å². The van der Waals surface area contributed by atoms with Gasteiger partial charge in [0, 0.05) is 0 Å². The second-order valence-corrected chi connectivity index (χ2v) is 4.91. The lowest BCUT2D eigenvalue weighted by Crippen LogP contribution is -2.19. The van der Waals surface area contributed by atoms with Crippen LogP contribution in [0.3, 0.4) is 0 Å². The van der Waals surface area contributed by atoms with Crippen LogP contribution in [0.2, 0.25) is 0 Å². The molecule has 0 unspecified atom stereocenters. The fraction of sp³-hybridized carbons (Fsp3) is 0.333. The minimum atomic E-state index is -4.87. The summed E-state index contributed by atoms with van der Waals surface area (Å²) in [5.41, 5.74) is 0. The predicted molar refractivity (Wildman–Crippen MR) is 55.2 cm³/mol. The van der Waals surface area contributed by atoms with Crippen molar-refractivity contribution >= 4 is 10.0 Å². The largest absolute Gasteiger partial charge is 0.522 e. The fourth-order valence-corrected chi connectivity index (χ4v) is 1.75. The van der Waals surface area contributed by atoms with Crippen molar-refractivity contribution in [2.45, 2.75) is 11.3 Å². The van der Waals surface area contributed by atoms with E-state index in [4.69, 9.17) is 0 Å². The van der Waals surface area contributed by atoms with Gasteiger partial charge in [0.05, 0.1) is 6.61 Å². The van der Waals surface area contributed by atoms with Crippen molar-refractivity contribution in [1.82, 2.24) is 0 Å². The Hall–Kier alpha value is -1.46. The second kappa shape index (κ2) is 5.89. The van der Waals surface area contributed by atoms with E-state index in [-0.39, 0.29) is 0 Å². The lowest BCUT2D eigenvalue weighted by atomic mass is 10.3. The third-order valence-corrected chi connectivity index (χ3v) is 2.85. The molecule has 5 nitrogen and oxygen atoms in total. The number of rotatable bonds is 5. The first-order valence-electron chi connectivity index (χ1n) is 4.86. The number of benzene rings is 1. The third-order valence-electron chi connectivity index (χ3n) is 1.92. The van der Waals surface area contributed by atoms with Gasteiger partial charge in [-0.25, -0.2) is 17.9 Å². The monoisotopic (exact) mass is 321 g/mol. The van der Waals surface area contributed by atoms with Crippen LogP contribution in [0.15, 0.2) is 17.0 Å². The van der Waals surface area contributed by atoms with Gasteiger partial charge in [0.2, 0.25) is 15.8 Å². The van der Waals surface area contributed by atoms with Crippen molar-refractivity contribution < 1.29 is 39.8 Å². The molecule has 0 aliphatic heterocycles. The first kappa shape index (κ1) is 16.6. The van der Waals surface area contributed by atoms with Gasteiger partial charge in [0.15, 0.2) is 11.6 Å². The Morgan fingerprint density at radius 2 is 1.70 bits per heavy atom. The molecule has 0 atom stereocenters. The SMILES string of the molecule is NS(=O)(=O)c1ccc(OCCOC(F)(F)F)c(F)c1F. The average molecular weight is 321 g/mol. The number of nitrogens with two attached hydrogens (primary N) is 1. The maximum atomic E-state index is 13.4. The molecular formula is C9H8F5NO4S. The maximum Gasteiger partial charge on any atom is 0.522 e. The molecule has 0 saturated carbocycles. The third kappa shape index (κ3) is 4.58. The molecule has 2 N–H and O–H groups in total. The molecule has 0 aliphatic carbocycles. The summed E-state index contributed by atoms with van der Waals surface area (Å²) in [4.78, 5) is -1.09. The van der Waals surface area contributed by atoms with Crippen LogP contribution in [0, 0.1) is 11.6 Å². The predicted octanol–water partition coefficient (Wildman–Crippen LogP) is 1.53. The minimum Gasteiger partial charge on any atom is -0.488 e. The first-order valence-corrected chi connectivity index (χ1v) is 6.41. The molecule has 0 fully saturated rings. The summed E-state index contributed by atoms with van der Waals surface area (Å²) in [6, 6.07) is 1.36. The molecule has 0 aliphatic rings. The summed E-state index contributed by atoms with van der Waals surface area (Å²) in [6.45, 7) is -1.66. The van der Waals surface area contributed by atoms with E-state index in [1.165, 1.54) is 0 Å². The van der Waals surface area contributed by atoms with Crippen LogP contribution >= 0.6 is 0 Å². The second-order valence-electron chi connectivity index (χ2n) is 3.38. The topological polar surface area (TPSA) is 78.6 Å². The van der Waals surface area contributed by atoms with Crippen LogP contribution in [0.1, 0.15) is 0 Å². The zero-order chi connectivity index (χ0) is 15.6. The normalized spacial score (nSPS) is 12.5. The number of alkyl halides is 3. The Morgan fingerprint density at radius 1 is 1.10 bits per heavy atom. The van der Waals surface area contributed by atoms with E-state index in [1.54, 1.807) is 0 Å². The highest BCUT2D eigenvalue weighted by atomic mass is 32.2. The molecule has 11 heteroatoms. The zero-order valence-corrected chi connectivity index (χ0v) is 10.4. The number of hydrogen-bond donors (Lipinski definition) is 1. The van der Waals surface area contributed by atoms with Crippen molar-refractivity contribution in [3.63, 3.8) is 0 Å². The summed E-state index contributed by atoms with van der Waals surface area (Å²) in [5, 5.41) is 4.63. The molecule has 1 rings (SSSR count). The molecule has 20 heavy (non-hydrogen) atoms. The Morgan fingerprint density at radius 3 is 2.20 bits per heavy atom. The Balaban J connectivity index is 2.77. The van der Waals surface area contributed by atoms with Crippen LogP contribution in [0.4, 0.5) is 22.0 Å². The van der Waals surface area contributed by atoms with Gasteiger partial charge in [-0.05, 0) is 12.1 Å². The summed E-state index contributed by atoms with van der Waals surface area (Å²) < 4.78 is 91.1. The molecule has 1 aromatic rings. The lowest BCUT2D eigenvalue weighted by molar-refractivity contribution is -0.325. The van der Waals surface area contributed by atoms with E-state index in [2.05, 4.69) is 14.6 Å². The highest BCUT2D eigenvalue weighted by Gasteiger charge is 2.29. The van der Waals surface area contributed by atoms with Gasteiger partial charge in [-0.3, -0.25) is 4.74 Å². The number of ether oxygens (including phenoxy) is 2. The van der Waals surface area contributed by atoms with Gasteiger partial charge in [-0.2, -0.15) is 4.39 Å². The Bertz CT molecular complexity index is 587. The van der Waals surface area contributed by atoms with Gasteiger partial charge < -0.3 is 4.74 Å². The number of sulfonamides is 1. The van der Waals surface area contributed by atoms with Gasteiger partial charge in [0.25, 0.3) is 0 Å². The van der Waals surface area contributed by atoms with Gasteiger partial charge >= 0.3 is 6.36 Å². The molecule has 0 bridgehead atoms. The van der Waals surface area contributed by atoms with Crippen LogP contribution in [0.25, 0.3) is 0 Å². The molecule has 1 aromatic carbocycles. The maximum absolute atomic E-state index is 13.4. The summed E-state index contributed by atoms with van der Waals surface area (Å²) in [5.74, 6) is -4.22. The van der Waals surface area contributed by atoms with Crippen LogP contribution < -0.4 is 9.88 Å². The van der Waals surface area contributed by atoms with E-state index >= 15 is 0 Å². The highest BCUT2D eigenvalue weighted by Crippen LogP contribution is 2.25. The van der Waals surface area contributed by atoms with Crippen molar-refractivity contribution in [2.75, 3.05) is 13.2 Å². The van der Waals surface area contributed by atoms with E-state index in [0.717, 1.165) is 6.07 Å². The smallest absolute Gasteiger partial charge is 0.488 e. The fourth-order valence-electron chi connectivity index (χ4n) is 1.15. The van der Waals surface area contributed by atoms with Crippen LogP contribution in [-0.2, 0) is 14.8 Å². The van der Waals surface area contributed by atoms with Gasteiger partial charge in [-0.15, -0.1) is 13.2 Å². The Kier molecular flexibility index (Phi) is 4.89. The van der Waals surface area contributed by atoms with Crippen molar-refractivity contribution in [3.8, 4) is 5.75 Å². The Labute approximate surface area is 110 Å². The number of primary sulfonamides is 1. The highest BCUT2D eigenvalue weighted by molar-refractivity contribution is 7.89. The van der Waals surface area contributed by atoms with Crippen LogP contribution in [0.5, 0.6) is 5.75 Å². The standard InChI is InChI=1S/C9H8F5NO4S/c10-7-5(18-3-4-19-9(12,13)14)1-2-6(8(7)11)20(15,16)17/h1-2H,3-4H2,(H2,15,16,17). The molecule has 0 saturated heterocycles. The zero-order valence-electron chi connectivity index (χ0n) is 9.58. The summed E-state index contributed by atoms with van der Waals surface area (Å²) >= 11 is 0. The van der Waals surface area contributed by atoms with E-state index in [0.29, 0.717) is 6.07 Å². The van der Waals surface area contributed by atoms with Crippen molar-refractivity contribution in [2.24, 2.45) is 5.14 Å². The lowest BCUT2D eigenvalue weighted by Gasteiger charge is -2.10. The van der Waals surface area contributed by atoms with Crippen molar-refractivity contribution in [1.29, 1.82) is 0 Å². The molecule has 114 valence electrons. The average Bonchev–Trinajstić information content (AvgIpc) is 2.26. The molecular weight excluding hydrogens is 313 g/mol. The molecule has 0 spiro atoms.